The molecular formula is C16H23NO4. The maximum Gasteiger partial charge on any atom is 0.244 e. The number of hydrogen-bond donors (Lipinski definition) is 1. The number of methoxy groups -OCH3 is 2. The Morgan fingerprint density at radius 1 is 1.29 bits per heavy atom. The SMILES string of the molecule is COCCNC(=O)/C=C/c1ccc(OC(C)C)c(OC)c1. The molecule has 1 rings (SSSR count). The monoisotopic (exact) mass is 293 g/mol. The van der Waals surface area contributed by atoms with Gasteiger partial charge in [-0.25, -0.2) is 0 Å². The van der Waals surface area contributed by atoms with Crippen LogP contribution in [0, 0.1) is 0 Å². The number of hydrogen-bond acceptors (Lipinski definition) is 4. The molecule has 0 aliphatic heterocycles. The first-order chi connectivity index (χ1) is 10.1. The van der Waals surface area contributed by atoms with E-state index in [4.69, 9.17) is 14.2 Å². The highest BCUT2D eigenvalue weighted by molar-refractivity contribution is 5.91. The van der Waals surface area contributed by atoms with E-state index >= 15 is 0 Å². The number of benzene rings is 1. The molecule has 116 valence electrons. The first kappa shape index (κ1) is 17.0. The molecule has 1 N–H and O–H groups in total. The summed E-state index contributed by atoms with van der Waals surface area (Å²) in [6.07, 6.45) is 3.28. The lowest BCUT2D eigenvalue weighted by molar-refractivity contribution is -0.116. The average Bonchev–Trinajstić information content (AvgIpc) is 2.46. The smallest absolute Gasteiger partial charge is 0.244 e. The molecule has 0 fully saturated rings. The number of nitrogens with one attached hydrogen (secondary N) is 1. The maximum absolute atomic E-state index is 11.5. The molecule has 1 aromatic rings. The molecule has 21 heavy (non-hydrogen) atoms. The number of carbonyl (C=O) groups is 1. The predicted octanol–water partition coefficient (Wildman–Crippen LogP) is 2.26. The second-order valence-electron chi connectivity index (χ2n) is 4.69. The van der Waals surface area contributed by atoms with Crippen LogP contribution in [0.25, 0.3) is 6.08 Å². The van der Waals surface area contributed by atoms with Gasteiger partial charge in [-0.05, 0) is 37.6 Å². The highest BCUT2D eigenvalue weighted by Gasteiger charge is 2.06. The van der Waals surface area contributed by atoms with E-state index in [0.717, 1.165) is 5.56 Å². The topological polar surface area (TPSA) is 56.8 Å². The summed E-state index contributed by atoms with van der Waals surface area (Å²) in [6.45, 7) is 4.90. The number of ether oxygens (including phenoxy) is 3. The fourth-order valence-electron chi connectivity index (χ4n) is 1.65. The summed E-state index contributed by atoms with van der Waals surface area (Å²) >= 11 is 0. The number of carbonyl (C=O) groups excluding carboxylic acids is 1. The van der Waals surface area contributed by atoms with Crippen LogP contribution in [-0.2, 0) is 9.53 Å². The Kier molecular flexibility index (Phi) is 7.32. The third kappa shape index (κ3) is 6.31. The Bertz CT molecular complexity index is 483. The maximum atomic E-state index is 11.5. The lowest BCUT2D eigenvalue weighted by atomic mass is 10.2. The molecule has 0 saturated heterocycles. The molecule has 0 atom stereocenters. The Morgan fingerprint density at radius 3 is 2.67 bits per heavy atom. The van der Waals surface area contributed by atoms with Crippen molar-refractivity contribution < 1.29 is 19.0 Å². The first-order valence-corrected chi connectivity index (χ1v) is 6.86. The Labute approximate surface area is 125 Å². The second-order valence-corrected chi connectivity index (χ2v) is 4.69. The molecule has 0 radical (unpaired) electrons. The van der Waals surface area contributed by atoms with Crippen molar-refractivity contribution in [3.05, 3.63) is 29.8 Å². The molecule has 0 unspecified atom stereocenters. The van der Waals surface area contributed by atoms with Crippen molar-refractivity contribution in [1.82, 2.24) is 5.32 Å². The van der Waals surface area contributed by atoms with E-state index in [2.05, 4.69) is 5.32 Å². The van der Waals surface area contributed by atoms with Crippen molar-refractivity contribution in [2.24, 2.45) is 0 Å². The quantitative estimate of drug-likeness (QED) is 0.590. The van der Waals surface area contributed by atoms with Crippen LogP contribution < -0.4 is 14.8 Å². The summed E-state index contributed by atoms with van der Waals surface area (Å²) in [4.78, 5) is 11.5. The summed E-state index contributed by atoms with van der Waals surface area (Å²) in [5.74, 6) is 1.17. The van der Waals surface area contributed by atoms with Crippen LogP contribution in [0.1, 0.15) is 19.4 Å². The number of rotatable bonds is 8. The number of amides is 1. The third-order valence-electron chi connectivity index (χ3n) is 2.58. The second kappa shape index (κ2) is 9.02. The van der Waals surface area contributed by atoms with Gasteiger partial charge in [-0.1, -0.05) is 6.07 Å². The standard InChI is InChI=1S/C16H23NO4/c1-12(2)21-14-7-5-13(11-15(14)20-4)6-8-16(18)17-9-10-19-3/h5-8,11-12H,9-10H2,1-4H3,(H,17,18)/b8-6+. The summed E-state index contributed by atoms with van der Waals surface area (Å²) in [6, 6.07) is 5.54. The lowest BCUT2D eigenvalue weighted by Crippen LogP contribution is -2.24. The summed E-state index contributed by atoms with van der Waals surface area (Å²) in [5.41, 5.74) is 0.866. The van der Waals surface area contributed by atoms with Crippen LogP contribution in [0.3, 0.4) is 0 Å². The van der Waals surface area contributed by atoms with Crippen molar-refractivity contribution in [2.75, 3.05) is 27.4 Å². The summed E-state index contributed by atoms with van der Waals surface area (Å²) in [5, 5.41) is 2.71. The summed E-state index contributed by atoms with van der Waals surface area (Å²) in [7, 11) is 3.18. The van der Waals surface area contributed by atoms with Gasteiger partial charge >= 0.3 is 0 Å². The van der Waals surface area contributed by atoms with Gasteiger partial charge in [0.05, 0.1) is 19.8 Å². The molecule has 5 nitrogen and oxygen atoms in total. The molecule has 5 heteroatoms. The van der Waals surface area contributed by atoms with Crippen molar-refractivity contribution in [1.29, 1.82) is 0 Å². The van der Waals surface area contributed by atoms with Crippen LogP contribution >= 0.6 is 0 Å². The van der Waals surface area contributed by atoms with Crippen LogP contribution in [0.4, 0.5) is 0 Å². The normalized spacial score (nSPS) is 10.9. The molecule has 0 aliphatic carbocycles. The van der Waals surface area contributed by atoms with E-state index < -0.39 is 0 Å². The highest BCUT2D eigenvalue weighted by Crippen LogP contribution is 2.29. The Balaban J connectivity index is 2.69. The van der Waals surface area contributed by atoms with E-state index in [0.29, 0.717) is 24.7 Å². The molecule has 1 amide bonds. The molecule has 1 aromatic carbocycles. The molecule has 0 aliphatic rings. The van der Waals surface area contributed by atoms with Gasteiger partial charge in [0.25, 0.3) is 0 Å². The Morgan fingerprint density at radius 2 is 2.05 bits per heavy atom. The van der Waals surface area contributed by atoms with Crippen LogP contribution in [-0.4, -0.2) is 39.4 Å². The van der Waals surface area contributed by atoms with E-state index in [1.54, 1.807) is 20.3 Å². The Hall–Kier alpha value is -2.01. The van der Waals surface area contributed by atoms with Gasteiger partial charge in [-0.3, -0.25) is 4.79 Å². The minimum atomic E-state index is -0.159. The predicted molar refractivity (Wildman–Crippen MR) is 82.7 cm³/mol. The molecule has 0 heterocycles. The van der Waals surface area contributed by atoms with Gasteiger partial charge in [0, 0.05) is 19.7 Å². The van der Waals surface area contributed by atoms with Gasteiger partial charge < -0.3 is 19.5 Å². The van der Waals surface area contributed by atoms with E-state index in [1.807, 2.05) is 32.0 Å². The minimum Gasteiger partial charge on any atom is -0.493 e. The summed E-state index contributed by atoms with van der Waals surface area (Å²) < 4.78 is 15.8. The molecule has 0 aromatic heterocycles. The fourth-order valence-corrected chi connectivity index (χ4v) is 1.65. The van der Waals surface area contributed by atoms with Gasteiger partial charge in [-0.15, -0.1) is 0 Å². The molecule has 0 spiro atoms. The van der Waals surface area contributed by atoms with Crippen molar-refractivity contribution in [3.8, 4) is 11.5 Å². The molecule has 0 bridgehead atoms. The van der Waals surface area contributed by atoms with Crippen molar-refractivity contribution in [3.63, 3.8) is 0 Å². The largest absolute Gasteiger partial charge is 0.493 e. The third-order valence-corrected chi connectivity index (χ3v) is 2.58. The van der Waals surface area contributed by atoms with Crippen LogP contribution in [0.2, 0.25) is 0 Å². The average molecular weight is 293 g/mol. The van der Waals surface area contributed by atoms with Gasteiger partial charge in [0.2, 0.25) is 5.91 Å². The van der Waals surface area contributed by atoms with Gasteiger partial charge in [0.15, 0.2) is 11.5 Å². The van der Waals surface area contributed by atoms with E-state index in [-0.39, 0.29) is 12.0 Å². The molecule has 0 saturated carbocycles. The minimum absolute atomic E-state index is 0.0758. The zero-order valence-electron chi connectivity index (χ0n) is 13.0. The molecular weight excluding hydrogens is 270 g/mol. The fraction of sp³-hybridized carbons (Fsp3) is 0.438. The first-order valence-electron chi connectivity index (χ1n) is 6.86. The van der Waals surface area contributed by atoms with Crippen LogP contribution in [0.15, 0.2) is 24.3 Å². The van der Waals surface area contributed by atoms with Crippen molar-refractivity contribution >= 4 is 12.0 Å². The van der Waals surface area contributed by atoms with Gasteiger partial charge in [0.1, 0.15) is 0 Å². The van der Waals surface area contributed by atoms with E-state index in [9.17, 15) is 4.79 Å². The highest BCUT2D eigenvalue weighted by atomic mass is 16.5. The van der Waals surface area contributed by atoms with Crippen LogP contribution in [0.5, 0.6) is 11.5 Å². The van der Waals surface area contributed by atoms with E-state index in [1.165, 1.54) is 6.08 Å². The van der Waals surface area contributed by atoms with Crippen molar-refractivity contribution in [2.45, 2.75) is 20.0 Å². The lowest BCUT2D eigenvalue weighted by Gasteiger charge is -2.13. The zero-order chi connectivity index (χ0) is 15.7. The van der Waals surface area contributed by atoms with Gasteiger partial charge in [-0.2, -0.15) is 0 Å². The zero-order valence-corrected chi connectivity index (χ0v) is 13.0.